The second-order valence-corrected chi connectivity index (χ2v) is 6.04. The van der Waals surface area contributed by atoms with Crippen molar-refractivity contribution >= 4 is 50.9 Å². The third kappa shape index (κ3) is 3.97. The molecule has 0 saturated heterocycles. The smallest absolute Gasteiger partial charge is 0.272 e. The molecule has 0 radical (unpaired) electrons. The van der Waals surface area contributed by atoms with Crippen molar-refractivity contribution < 1.29 is 9.59 Å². The summed E-state index contributed by atoms with van der Waals surface area (Å²) < 4.78 is 0.754. The minimum Gasteiger partial charge on any atom is -0.368 e. The van der Waals surface area contributed by atoms with Crippen LogP contribution in [0.4, 0.5) is 0 Å². The number of benzene rings is 1. The Morgan fingerprint density at radius 1 is 1.23 bits per heavy atom. The van der Waals surface area contributed by atoms with Gasteiger partial charge < -0.3 is 11.1 Å². The summed E-state index contributed by atoms with van der Waals surface area (Å²) in [7, 11) is 0. The van der Waals surface area contributed by atoms with Gasteiger partial charge in [0.25, 0.3) is 5.91 Å². The maximum Gasteiger partial charge on any atom is 0.272 e. The zero-order valence-corrected chi connectivity index (χ0v) is 14.1. The number of pyridine rings is 1. The summed E-state index contributed by atoms with van der Waals surface area (Å²) in [6, 6.07) is 8.77. The lowest BCUT2D eigenvalue weighted by Gasteiger charge is -2.16. The minimum absolute atomic E-state index is 0.0737. The molecule has 1 unspecified atom stereocenters. The molecular weight excluding hydrogens is 393 g/mol. The second-order valence-electron chi connectivity index (χ2n) is 4.33. The molecule has 0 fully saturated rings. The van der Waals surface area contributed by atoms with Crippen LogP contribution in [-0.2, 0) is 4.79 Å². The number of halogens is 3. The Hall–Kier alpha value is -1.63. The van der Waals surface area contributed by atoms with Crippen molar-refractivity contribution in [2.75, 3.05) is 0 Å². The Bertz CT molecular complexity index is 740. The fourth-order valence-electron chi connectivity index (χ4n) is 1.78. The molecule has 5 nitrogen and oxygen atoms in total. The van der Waals surface area contributed by atoms with Crippen molar-refractivity contribution in [3.05, 3.63) is 62.3 Å². The number of nitrogens with one attached hydrogen (secondary N) is 1. The van der Waals surface area contributed by atoms with Gasteiger partial charge in [-0.3, -0.25) is 9.59 Å². The highest BCUT2D eigenvalue weighted by Crippen LogP contribution is 2.21. The highest BCUT2D eigenvalue weighted by Gasteiger charge is 2.23. The molecule has 2 amide bonds. The maximum absolute atomic E-state index is 12.3. The van der Waals surface area contributed by atoms with Gasteiger partial charge in [-0.05, 0) is 29.8 Å². The highest BCUT2D eigenvalue weighted by atomic mass is 79.9. The van der Waals surface area contributed by atoms with Gasteiger partial charge in [0.15, 0.2) is 0 Å². The number of carbonyl (C=O) groups is 2. The van der Waals surface area contributed by atoms with Gasteiger partial charge in [0, 0.05) is 4.47 Å². The molecular formula is C14H10BrCl2N3O2. The summed E-state index contributed by atoms with van der Waals surface area (Å²) in [5, 5.41) is 2.75. The molecule has 22 heavy (non-hydrogen) atoms. The van der Waals surface area contributed by atoms with E-state index in [1.807, 2.05) is 0 Å². The SMILES string of the molecule is NC(=O)C(NC(=O)c1nc(Cl)ccc1Cl)c1cccc(Br)c1. The molecule has 3 N–H and O–H groups in total. The fraction of sp³-hybridized carbons (Fsp3) is 0.0714. The number of rotatable bonds is 4. The number of carbonyl (C=O) groups excluding carboxylic acids is 2. The van der Waals surface area contributed by atoms with Crippen LogP contribution in [0.25, 0.3) is 0 Å². The molecule has 0 aliphatic carbocycles. The van der Waals surface area contributed by atoms with E-state index in [9.17, 15) is 9.59 Å². The summed E-state index contributed by atoms with van der Waals surface area (Å²) >= 11 is 15.0. The molecule has 114 valence electrons. The predicted octanol–water partition coefficient (Wildman–Crippen LogP) is 3.11. The van der Waals surface area contributed by atoms with E-state index in [4.69, 9.17) is 28.9 Å². The van der Waals surface area contributed by atoms with Crippen LogP contribution >= 0.6 is 39.1 Å². The Kier molecular flexibility index (Phi) is 5.39. The molecule has 2 rings (SSSR count). The number of aromatic nitrogens is 1. The average molecular weight is 403 g/mol. The van der Waals surface area contributed by atoms with E-state index >= 15 is 0 Å². The van der Waals surface area contributed by atoms with E-state index in [-0.39, 0.29) is 15.9 Å². The van der Waals surface area contributed by atoms with Crippen LogP contribution in [0.5, 0.6) is 0 Å². The Morgan fingerprint density at radius 3 is 2.59 bits per heavy atom. The normalized spacial score (nSPS) is 11.8. The number of primary amides is 1. The topological polar surface area (TPSA) is 85.1 Å². The van der Waals surface area contributed by atoms with E-state index in [0.717, 1.165) is 4.47 Å². The predicted molar refractivity (Wildman–Crippen MR) is 87.8 cm³/mol. The molecule has 1 aromatic heterocycles. The summed E-state index contributed by atoms with van der Waals surface area (Å²) in [5.74, 6) is -1.35. The highest BCUT2D eigenvalue weighted by molar-refractivity contribution is 9.10. The Balaban J connectivity index is 2.30. The van der Waals surface area contributed by atoms with Gasteiger partial charge in [-0.1, -0.05) is 51.3 Å². The van der Waals surface area contributed by atoms with E-state index in [1.165, 1.54) is 12.1 Å². The first-order valence-corrected chi connectivity index (χ1v) is 7.61. The molecule has 1 heterocycles. The van der Waals surface area contributed by atoms with Crippen LogP contribution in [0.3, 0.4) is 0 Å². The van der Waals surface area contributed by atoms with Crippen molar-refractivity contribution in [2.45, 2.75) is 6.04 Å². The summed E-state index contributed by atoms with van der Waals surface area (Å²) in [5.41, 5.74) is 5.83. The molecule has 0 bridgehead atoms. The van der Waals surface area contributed by atoms with Crippen LogP contribution in [0, 0.1) is 0 Å². The first-order valence-electron chi connectivity index (χ1n) is 6.06. The van der Waals surface area contributed by atoms with E-state index in [2.05, 4.69) is 26.2 Å². The zero-order chi connectivity index (χ0) is 16.3. The van der Waals surface area contributed by atoms with Crippen LogP contribution in [0.2, 0.25) is 10.2 Å². The van der Waals surface area contributed by atoms with Crippen LogP contribution in [0.15, 0.2) is 40.9 Å². The monoisotopic (exact) mass is 401 g/mol. The second kappa shape index (κ2) is 7.09. The van der Waals surface area contributed by atoms with Gasteiger partial charge in [0.1, 0.15) is 16.9 Å². The Labute approximate surface area is 144 Å². The third-order valence-electron chi connectivity index (χ3n) is 2.77. The molecule has 1 aromatic carbocycles. The van der Waals surface area contributed by atoms with Crippen molar-refractivity contribution in [1.82, 2.24) is 10.3 Å². The molecule has 0 spiro atoms. The lowest BCUT2D eigenvalue weighted by molar-refractivity contribution is -0.120. The van der Waals surface area contributed by atoms with Crippen LogP contribution in [0.1, 0.15) is 22.1 Å². The summed E-state index contributed by atoms with van der Waals surface area (Å²) in [6.07, 6.45) is 0. The van der Waals surface area contributed by atoms with Crippen molar-refractivity contribution in [3.8, 4) is 0 Å². The number of nitrogens with zero attached hydrogens (tertiary/aromatic N) is 1. The standard InChI is InChI=1S/C14H10BrCl2N3O2/c15-8-3-1-2-7(6-8)11(13(18)21)20-14(22)12-9(16)4-5-10(17)19-12/h1-6,11H,(H2,18,21)(H,20,22). The van der Waals surface area contributed by atoms with Gasteiger partial charge in [0.05, 0.1) is 5.02 Å². The number of nitrogens with two attached hydrogens (primary N) is 1. The largest absolute Gasteiger partial charge is 0.368 e. The lowest BCUT2D eigenvalue weighted by atomic mass is 10.1. The van der Waals surface area contributed by atoms with Crippen LogP contribution in [-0.4, -0.2) is 16.8 Å². The summed E-state index contributed by atoms with van der Waals surface area (Å²) in [6.45, 7) is 0. The Morgan fingerprint density at radius 2 is 1.95 bits per heavy atom. The number of amides is 2. The molecule has 8 heteroatoms. The van der Waals surface area contributed by atoms with Gasteiger partial charge in [-0.15, -0.1) is 0 Å². The van der Waals surface area contributed by atoms with Gasteiger partial charge >= 0.3 is 0 Å². The molecule has 1 atom stereocenters. The molecule has 0 aliphatic rings. The fourth-order valence-corrected chi connectivity index (χ4v) is 2.54. The molecule has 0 aliphatic heterocycles. The van der Waals surface area contributed by atoms with Gasteiger partial charge in [0.2, 0.25) is 5.91 Å². The lowest BCUT2D eigenvalue weighted by Crippen LogP contribution is -2.38. The molecule has 2 aromatic rings. The number of hydrogen-bond donors (Lipinski definition) is 2. The quantitative estimate of drug-likeness (QED) is 0.770. The van der Waals surface area contributed by atoms with E-state index in [1.54, 1.807) is 24.3 Å². The maximum atomic E-state index is 12.3. The number of hydrogen-bond acceptors (Lipinski definition) is 3. The van der Waals surface area contributed by atoms with Crippen molar-refractivity contribution in [2.24, 2.45) is 5.73 Å². The van der Waals surface area contributed by atoms with Gasteiger partial charge in [-0.25, -0.2) is 4.98 Å². The van der Waals surface area contributed by atoms with Crippen LogP contribution < -0.4 is 11.1 Å². The van der Waals surface area contributed by atoms with E-state index < -0.39 is 17.9 Å². The first-order chi connectivity index (χ1) is 10.4. The first kappa shape index (κ1) is 16.7. The summed E-state index contributed by atoms with van der Waals surface area (Å²) in [4.78, 5) is 27.8. The van der Waals surface area contributed by atoms with Gasteiger partial charge in [-0.2, -0.15) is 0 Å². The average Bonchev–Trinajstić information content (AvgIpc) is 2.46. The van der Waals surface area contributed by atoms with Crippen molar-refractivity contribution in [1.29, 1.82) is 0 Å². The third-order valence-corrected chi connectivity index (χ3v) is 3.78. The molecule has 0 saturated carbocycles. The van der Waals surface area contributed by atoms with E-state index in [0.29, 0.717) is 5.56 Å². The zero-order valence-electron chi connectivity index (χ0n) is 11.0. The minimum atomic E-state index is -1.01. The van der Waals surface area contributed by atoms with Crippen molar-refractivity contribution in [3.63, 3.8) is 0 Å².